The highest BCUT2D eigenvalue weighted by Gasteiger charge is 2.27. The molecule has 2 nitrogen and oxygen atoms in total. The molecule has 1 aliphatic heterocycles. The van der Waals surface area contributed by atoms with Crippen LogP contribution in [0.15, 0.2) is 30.3 Å². The Labute approximate surface area is 87.6 Å². The Morgan fingerprint density at radius 2 is 2.14 bits per heavy atom. The van der Waals surface area contributed by atoms with Crippen LogP contribution in [-0.4, -0.2) is 17.0 Å². The Morgan fingerprint density at radius 1 is 1.43 bits per heavy atom. The first kappa shape index (κ1) is 9.59. The first-order chi connectivity index (χ1) is 6.86. The van der Waals surface area contributed by atoms with Gasteiger partial charge in [-0.15, -0.1) is 11.8 Å². The molecule has 1 heterocycles. The maximum atomic E-state index is 11.4. The van der Waals surface area contributed by atoms with Crippen molar-refractivity contribution >= 4 is 17.7 Å². The van der Waals surface area contributed by atoms with Gasteiger partial charge in [0.05, 0.1) is 0 Å². The fourth-order valence-electron chi connectivity index (χ4n) is 1.24. The molecule has 1 fully saturated rings. The van der Waals surface area contributed by atoms with Gasteiger partial charge < -0.3 is 4.74 Å². The maximum absolute atomic E-state index is 11.4. The van der Waals surface area contributed by atoms with Crippen molar-refractivity contribution in [3.63, 3.8) is 0 Å². The molecule has 74 valence electrons. The summed E-state index contributed by atoms with van der Waals surface area (Å²) >= 11 is 1.67. The molecule has 0 aliphatic carbocycles. The second-order valence-electron chi connectivity index (χ2n) is 3.24. The van der Waals surface area contributed by atoms with Crippen molar-refractivity contribution in [2.45, 2.75) is 18.3 Å². The van der Waals surface area contributed by atoms with Crippen LogP contribution in [0.4, 0.5) is 0 Å². The summed E-state index contributed by atoms with van der Waals surface area (Å²) in [7, 11) is 0. The fraction of sp³-hybridized carbons (Fsp3) is 0.364. The van der Waals surface area contributed by atoms with Crippen molar-refractivity contribution in [1.82, 2.24) is 0 Å². The van der Waals surface area contributed by atoms with E-state index in [0.717, 1.165) is 17.7 Å². The van der Waals surface area contributed by atoms with Crippen LogP contribution in [0.5, 0.6) is 0 Å². The minimum absolute atomic E-state index is 0.0647. The first-order valence-corrected chi connectivity index (χ1v) is 5.73. The van der Waals surface area contributed by atoms with Crippen LogP contribution in [0.25, 0.3) is 0 Å². The van der Waals surface area contributed by atoms with Crippen molar-refractivity contribution in [2.75, 3.05) is 5.75 Å². The Hall–Kier alpha value is -0.960. The number of esters is 1. The lowest BCUT2D eigenvalue weighted by Gasteiger charge is -2.22. The highest BCUT2D eigenvalue weighted by Crippen LogP contribution is 2.28. The van der Waals surface area contributed by atoms with Crippen molar-refractivity contribution in [3.05, 3.63) is 35.9 Å². The van der Waals surface area contributed by atoms with Gasteiger partial charge in [-0.2, -0.15) is 0 Å². The van der Waals surface area contributed by atoms with Gasteiger partial charge in [0.25, 0.3) is 0 Å². The number of rotatable bonds is 3. The minimum atomic E-state index is -0.0647. The number of hydrogen-bond acceptors (Lipinski definition) is 3. The topological polar surface area (TPSA) is 26.3 Å². The highest BCUT2D eigenvalue weighted by atomic mass is 32.2. The molecule has 0 radical (unpaired) electrons. The zero-order valence-corrected chi connectivity index (χ0v) is 8.63. The average Bonchev–Trinajstić information content (AvgIpc) is 2.14. The van der Waals surface area contributed by atoms with E-state index in [1.54, 1.807) is 11.8 Å². The van der Waals surface area contributed by atoms with E-state index in [9.17, 15) is 4.79 Å². The van der Waals surface area contributed by atoms with Crippen LogP contribution >= 0.6 is 11.8 Å². The van der Waals surface area contributed by atoms with Crippen LogP contribution in [0.1, 0.15) is 12.0 Å². The standard InChI is InChI=1S/C11H12O2S/c12-11(10-6-7-14-10)13-8-9-4-2-1-3-5-9/h1-5,10H,6-8H2. The van der Waals surface area contributed by atoms with Gasteiger partial charge in [0, 0.05) is 0 Å². The molecule has 0 aromatic heterocycles. The summed E-state index contributed by atoms with van der Waals surface area (Å²) in [4.78, 5) is 11.4. The molecule has 0 amide bonds. The van der Waals surface area contributed by atoms with Crippen molar-refractivity contribution in [3.8, 4) is 0 Å². The zero-order chi connectivity index (χ0) is 9.80. The number of thioether (sulfide) groups is 1. The van der Waals surface area contributed by atoms with Gasteiger partial charge in [-0.1, -0.05) is 30.3 Å². The van der Waals surface area contributed by atoms with Gasteiger partial charge >= 0.3 is 5.97 Å². The molecule has 14 heavy (non-hydrogen) atoms. The van der Waals surface area contributed by atoms with Gasteiger partial charge in [-0.3, -0.25) is 4.79 Å². The van der Waals surface area contributed by atoms with E-state index in [1.165, 1.54) is 0 Å². The molecule has 0 N–H and O–H groups in total. The molecule has 1 aromatic rings. The summed E-state index contributed by atoms with van der Waals surface area (Å²) < 4.78 is 5.17. The molecule has 2 rings (SSSR count). The quantitative estimate of drug-likeness (QED) is 0.712. The van der Waals surface area contributed by atoms with E-state index in [0.29, 0.717) is 6.61 Å². The molecule has 0 spiro atoms. The van der Waals surface area contributed by atoms with Crippen LogP contribution in [0.3, 0.4) is 0 Å². The number of hydrogen-bond donors (Lipinski definition) is 0. The van der Waals surface area contributed by atoms with Crippen LogP contribution in [-0.2, 0) is 16.1 Å². The van der Waals surface area contributed by atoms with E-state index < -0.39 is 0 Å². The minimum Gasteiger partial charge on any atom is -0.460 e. The summed E-state index contributed by atoms with van der Waals surface area (Å²) in [5.74, 6) is 1.02. The van der Waals surface area contributed by atoms with Crippen LogP contribution in [0, 0.1) is 0 Å². The summed E-state index contributed by atoms with van der Waals surface area (Å²) in [5, 5.41) is 0.0960. The summed E-state index contributed by atoms with van der Waals surface area (Å²) in [6, 6.07) is 9.76. The van der Waals surface area contributed by atoms with Gasteiger partial charge in [0.1, 0.15) is 11.9 Å². The normalized spacial score (nSPS) is 19.9. The van der Waals surface area contributed by atoms with Crippen LogP contribution < -0.4 is 0 Å². The van der Waals surface area contributed by atoms with E-state index in [4.69, 9.17) is 4.74 Å². The highest BCUT2D eigenvalue weighted by molar-refractivity contribution is 8.01. The molecular formula is C11H12O2S. The summed E-state index contributed by atoms with van der Waals surface area (Å²) in [5.41, 5.74) is 1.05. The summed E-state index contributed by atoms with van der Waals surface area (Å²) in [6.45, 7) is 0.400. The summed E-state index contributed by atoms with van der Waals surface area (Å²) in [6.07, 6.45) is 0.971. The second kappa shape index (κ2) is 4.51. The lowest BCUT2D eigenvalue weighted by Crippen LogP contribution is -2.27. The Morgan fingerprint density at radius 3 is 2.71 bits per heavy atom. The SMILES string of the molecule is O=C(OCc1ccccc1)C1CCS1. The molecule has 1 atom stereocenters. The molecule has 1 saturated heterocycles. The Bertz CT molecular complexity index is 306. The third kappa shape index (κ3) is 2.29. The van der Waals surface area contributed by atoms with Gasteiger partial charge in [-0.05, 0) is 17.7 Å². The first-order valence-electron chi connectivity index (χ1n) is 4.68. The molecule has 1 aromatic carbocycles. The lowest BCUT2D eigenvalue weighted by atomic mass is 10.2. The van der Waals surface area contributed by atoms with E-state index >= 15 is 0 Å². The number of ether oxygens (including phenoxy) is 1. The predicted octanol–water partition coefficient (Wildman–Crippen LogP) is 2.24. The average molecular weight is 208 g/mol. The third-order valence-electron chi connectivity index (χ3n) is 2.19. The van der Waals surface area contributed by atoms with Gasteiger partial charge in [0.15, 0.2) is 0 Å². The number of benzene rings is 1. The molecular weight excluding hydrogens is 196 g/mol. The zero-order valence-electron chi connectivity index (χ0n) is 7.81. The lowest BCUT2D eigenvalue weighted by molar-refractivity contribution is -0.144. The number of carbonyl (C=O) groups is 1. The largest absolute Gasteiger partial charge is 0.460 e. The Kier molecular flexibility index (Phi) is 3.09. The monoisotopic (exact) mass is 208 g/mol. The molecule has 1 aliphatic rings. The number of carbonyl (C=O) groups excluding carboxylic acids is 1. The smallest absolute Gasteiger partial charge is 0.319 e. The van der Waals surface area contributed by atoms with Gasteiger partial charge in [-0.25, -0.2) is 0 Å². The van der Waals surface area contributed by atoms with E-state index in [-0.39, 0.29) is 11.2 Å². The van der Waals surface area contributed by atoms with Gasteiger partial charge in [0.2, 0.25) is 0 Å². The van der Waals surface area contributed by atoms with E-state index in [2.05, 4.69) is 0 Å². The van der Waals surface area contributed by atoms with Crippen molar-refractivity contribution in [2.24, 2.45) is 0 Å². The van der Waals surface area contributed by atoms with E-state index in [1.807, 2.05) is 30.3 Å². The van der Waals surface area contributed by atoms with Crippen molar-refractivity contribution < 1.29 is 9.53 Å². The second-order valence-corrected chi connectivity index (χ2v) is 4.55. The molecule has 1 unspecified atom stereocenters. The predicted molar refractivity (Wildman–Crippen MR) is 57.1 cm³/mol. The third-order valence-corrected chi connectivity index (χ3v) is 3.49. The maximum Gasteiger partial charge on any atom is 0.319 e. The Balaban J connectivity index is 1.79. The molecule has 3 heteroatoms. The fourth-order valence-corrected chi connectivity index (χ4v) is 1.92. The molecule has 0 saturated carbocycles. The molecule has 0 bridgehead atoms. The van der Waals surface area contributed by atoms with Crippen LogP contribution in [0.2, 0.25) is 0 Å². The van der Waals surface area contributed by atoms with Crippen molar-refractivity contribution in [1.29, 1.82) is 0 Å².